The summed E-state index contributed by atoms with van der Waals surface area (Å²) in [7, 11) is 2.35. The standard InChI is InChI=1S/Ca.Mg.H3PSe.Zn.4H/c;;1-2;;;;;/h;;2H,1H2;;;;;/q2*+2;;;4*-1. The van der Waals surface area contributed by atoms with Crippen LogP contribution in [0.2, 0.25) is 0 Å². The fourth-order valence-electron chi connectivity index (χ4n) is 0. The third kappa shape index (κ3) is 18.4. The second kappa shape index (κ2) is 25.5. The van der Waals surface area contributed by atoms with Gasteiger partial charge in [0.1, 0.15) is 0 Å². The van der Waals surface area contributed by atoms with Gasteiger partial charge >= 0.3 is 84.3 Å². The van der Waals surface area contributed by atoms with Gasteiger partial charge in [-0.05, 0) is 0 Å². The maximum absolute atomic E-state index is 2.35. The van der Waals surface area contributed by atoms with Crippen molar-refractivity contribution < 1.29 is 25.2 Å². The van der Waals surface area contributed by atoms with Crippen LogP contribution in [0.5, 0.6) is 0 Å². The summed E-state index contributed by atoms with van der Waals surface area (Å²) < 4.78 is 0. The molecule has 5 heteroatoms. The van der Waals surface area contributed by atoms with E-state index in [9.17, 15) is 0 Å². The Labute approximate surface area is 107 Å². The molecule has 0 aliphatic rings. The van der Waals surface area contributed by atoms with E-state index in [-0.39, 0.29) is 86.0 Å². The molecule has 0 aliphatic carbocycles. The van der Waals surface area contributed by atoms with Crippen LogP contribution in [-0.2, 0) is 19.5 Å². The summed E-state index contributed by atoms with van der Waals surface area (Å²) in [6.45, 7) is 0. The van der Waals surface area contributed by atoms with Crippen molar-refractivity contribution in [3.8, 4) is 0 Å². The fraction of sp³-hybridized carbons (Fsp3) is 0. The van der Waals surface area contributed by atoms with Crippen LogP contribution in [0.25, 0.3) is 0 Å². The number of hydrogen-bond acceptors (Lipinski definition) is 0. The van der Waals surface area contributed by atoms with Crippen molar-refractivity contribution in [2.45, 2.75) is 0 Å². The summed E-state index contributed by atoms with van der Waals surface area (Å²) in [6.07, 6.45) is 0. The molecular weight excluding hydrogens is 240 g/mol. The van der Waals surface area contributed by atoms with Crippen molar-refractivity contribution in [3.63, 3.8) is 0 Å². The minimum atomic E-state index is 0. The molecule has 0 radical (unpaired) electrons. The summed E-state index contributed by atoms with van der Waals surface area (Å²) >= 11 is 2.23. The normalized spacial score (nSPS) is 1.20. The monoisotopic (exact) mass is 246 g/mol. The first kappa shape index (κ1) is 23.5. The fourth-order valence-corrected chi connectivity index (χ4v) is 0. The van der Waals surface area contributed by atoms with Gasteiger partial charge in [0, 0.05) is 19.5 Å². The molecule has 1 unspecified atom stereocenters. The number of hydrogen-bond donors (Lipinski definition) is 0. The maximum atomic E-state index is 2.35. The first-order valence-electron chi connectivity index (χ1n) is 0.258. The third-order valence-electron chi connectivity index (χ3n) is 0. The van der Waals surface area contributed by atoms with Crippen molar-refractivity contribution in [3.05, 3.63) is 0 Å². The van der Waals surface area contributed by atoms with Crippen molar-refractivity contribution in [2.75, 3.05) is 0 Å². The molecule has 0 spiro atoms. The van der Waals surface area contributed by atoms with E-state index in [1.807, 2.05) is 0 Å². The molecule has 0 N–H and O–H groups in total. The van der Waals surface area contributed by atoms with E-state index < -0.39 is 0 Å². The molecular formula is H7CaMgPSeZn. The van der Waals surface area contributed by atoms with Crippen LogP contribution in [-0.4, -0.2) is 76.4 Å². The van der Waals surface area contributed by atoms with Crippen LogP contribution < -0.4 is 0 Å². The van der Waals surface area contributed by atoms with Crippen LogP contribution in [0.3, 0.4) is 0 Å². The summed E-state index contributed by atoms with van der Waals surface area (Å²) in [4.78, 5) is 0. The minimum absolute atomic E-state index is 0. The van der Waals surface area contributed by atoms with Gasteiger partial charge in [-0.3, -0.25) is 0 Å². The molecule has 0 amide bonds. The molecule has 0 aromatic carbocycles. The Bertz CT molecular complexity index is 20.5. The summed E-state index contributed by atoms with van der Waals surface area (Å²) in [5, 5.41) is 0. The average molecular weight is 247 g/mol. The van der Waals surface area contributed by atoms with E-state index in [0.29, 0.717) is 0 Å². The van der Waals surface area contributed by atoms with E-state index >= 15 is 0 Å². The summed E-state index contributed by atoms with van der Waals surface area (Å²) in [5.41, 5.74) is 0. The zero-order chi connectivity index (χ0) is 2.00. The Morgan fingerprint density at radius 2 is 1.40 bits per heavy atom. The van der Waals surface area contributed by atoms with Crippen LogP contribution in [0.4, 0.5) is 0 Å². The van der Waals surface area contributed by atoms with Gasteiger partial charge < -0.3 is 5.71 Å². The van der Waals surface area contributed by atoms with E-state index in [2.05, 4.69) is 23.5 Å². The quantitative estimate of drug-likeness (QED) is 0.394. The van der Waals surface area contributed by atoms with Gasteiger partial charge in [0.15, 0.2) is 0 Å². The maximum Gasteiger partial charge on any atom is 2.00 e. The number of rotatable bonds is 0. The molecule has 0 heterocycles. The Balaban J connectivity index is -0.000000000238. The Morgan fingerprint density at radius 3 is 1.40 bits per heavy atom. The molecule has 0 aromatic rings. The smallest absolute Gasteiger partial charge is 1.00 e. The van der Waals surface area contributed by atoms with E-state index in [4.69, 9.17) is 0 Å². The topological polar surface area (TPSA) is 0 Å². The van der Waals surface area contributed by atoms with Crippen molar-refractivity contribution in [2.24, 2.45) is 0 Å². The SMILES string of the molecule is P[SeH].[Ca+2].[H-].[H-].[H-].[H-].[Mg+2].[Zn]. The van der Waals surface area contributed by atoms with E-state index in [0.717, 1.165) is 0 Å². The molecule has 0 aliphatic heterocycles. The summed E-state index contributed by atoms with van der Waals surface area (Å²) in [5.74, 6) is 0. The predicted molar refractivity (Wildman–Crippen MR) is 32.8 cm³/mol. The Hall–Kier alpha value is 3.60. The molecule has 1 atom stereocenters. The van der Waals surface area contributed by atoms with Crippen molar-refractivity contribution in [1.29, 1.82) is 0 Å². The van der Waals surface area contributed by atoms with Crippen LogP contribution in [0.1, 0.15) is 5.71 Å². The van der Waals surface area contributed by atoms with Crippen LogP contribution in [0, 0.1) is 0 Å². The minimum Gasteiger partial charge on any atom is -1.00 e. The largest absolute Gasteiger partial charge is 2.00 e. The van der Waals surface area contributed by atoms with Gasteiger partial charge in [0.05, 0.1) is 0 Å². The van der Waals surface area contributed by atoms with E-state index in [1.54, 1.807) is 0 Å². The molecule has 0 rings (SSSR count). The van der Waals surface area contributed by atoms with Gasteiger partial charge in [0.25, 0.3) is 0 Å². The molecule has 0 aromatic heterocycles. The Morgan fingerprint density at radius 1 is 1.40 bits per heavy atom. The molecule has 0 saturated carbocycles. The Kier molecular flexibility index (Phi) is 120. The molecule has 0 saturated heterocycles. The van der Waals surface area contributed by atoms with Gasteiger partial charge in [-0.15, -0.1) is 0 Å². The predicted octanol–water partition coefficient (Wildman–Crippen LogP) is -0.637. The zero-order valence-electron chi connectivity index (χ0n) is 7.15. The first-order valence-corrected chi connectivity index (χ1v) is 4.02. The third-order valence-corrected chi connectivity index (χ3v) is 0. The second-order valence-electron chi connectivity index (χ2n) is 0. The summed E-state index contributed by atoms with van der Waals surface area (Å²) in [6, 6.07) is 0. The van der Waals surface area contributed by atoms with Gasteiger partial charge in [-0.2, -0.15) is 0 Å². The average Bonchev–Trinajstić information content (AvgIpc) is 1.00. The van der Waals surface area contributed by atoms with Crippen LogP contribution >= 0.6 is 7.93 Å². The molecule has 5 heavy (non-hydrogen) atoms. The van der Waals surface area contributed by atoms with Crippen LogP contribution in [0.15, 0.2) is 0 Å². The van der Waals surface area contributed by atoms with E-state index in [1.165, 1.54) is 0 Å². The van der Waals surface area contributed by atoms with Gasteiger partial charge in [-0.1, -0.05) is 0 Å². The molecule has 24 valence electrons. The van der Waals surface area contributed by atoms with Crippen molar-refractivity contribution in [1.82, 2.24) is 0 Å². The van der Waals surface area contributed by atoms with Gasteiger partial charge in [0.2, 0.25) is 0 Å². The van der Waals surface area contributed by atoms with Gasteiger partial charge in [-0.25, -0.2) is 0 Å². The first-order chi connectivity index (χ1) is 1.00. The zero-order valence-corrected chi connectivity index (χ0v) is 12.8. The molecule has 0 bridgehead atoms. The van der Waals surface area contributed by atoms with Crippen molar-refractivity contribution >= 4 is 84.3 Å². The molecule has 0 fully saturated rings. The second-order valence-corrected chi connectivity index (χ2v) is 0. The molecule has 0 nitrogen and oxygen atoms in total.